The second-order valence-corrected chi connectivity index (χ2v) is 3.51. The molecule has 3 heteroatoms. The van der Waals surface area contributed by atoms with Crippen LogP contribution < -0.4 is 15.2 Å². The van der Waals surface area contributed by atoms with Gasteiger partial charge in [-0.05, 0) is 25.5 Å². The molecule has 0 radical (unpaired) electrons. The molecule has 0 unspecified atom stereocenters. The van der Waals surface area contributed by atoms with Crippen LogP contribution in [0.4, 0.5) is 0 Å². The number of hydrogen-bond donors (Lipinski definition) is 1. The van der Waals surface area contributed by atoms with Crippen molar-refractivity contribution in [2.75, 3.05) is 13.7 Å². The van der Waals surface area contributed by atoms with E-state index in [1.165, 1.54) is 0 Å². The van der Waals surface area contributed by atoms with Gasteiger partial charge in [0.05, 0.1) is 19.3 Å². The Hall–Kier alpha value is -1.22. The summed E-state index contributed by atoms with van der Waals surface area (Å²) in [5, 5.41) is 0. The van der Waals surface area contributed by atoms with Gasteiger partial charge in [-0.1, -0.05) is 13.0 Å². The van der Waals surface area contributed by atoms with E-state index in [-0.39, 0.29) is 6.04 Å². The van der Waals surface area contributed by atoms with E-state index < -0.39 is 0 Å². The summed E-state index contributed by atoms with van der Waals surface area (Å²) >= 11 is 0. The van der Waals surface area contributed by atoms with Gasteiger partial charge >= 0.3 is 0 Å². The van der Waals surface area contributed by atoms with E-state index in [4.69, 9.17) is 15.2 Å². The summed E-state index contributed by atoms with van der Waals surface area (Å²) in [6.45, 7) is 4.70. The molecule has 0 amide bonds. The maximum absolute atomic E-state index is 5.90. The third-order valence-electron chi connectivity index (χ3n) is 2.16. The summed E-state index contributed by atoms with van der Waals surface area (Å²) in [6.07, 6.45) is 0.982. The largest absolute Gasteiger partial charge is 0.496 e. The Balaban J connectivity index is 3.02. The Labute approximate surface area is 91.2 Å². The average Bonchev–Trinajstić information content (AvgIpc) is 2.25. The highest BCUT2D eigenvalue weighted by Crippen LogP contribution is 2.32. The first-order valence-electron chi connectivity index (χ1n) is 5.26. The molecular weight excluding hydrogens is 190 g/mol. The number of nitrogens with two attached hydrogens (primary N) is 1. The Morgan fingerprint density at radius 2 is 2.00 bits per heavy atom. The predicted molar refractivity (Wildman–Crippen MR) is 61.4 cm³/mol. The van der Waals surface area contributed by atoms with Crippen molar-refractivity contribution in [3.63, 3.8) is 0 Å². The average molecular weight is 209 g/mol. The minimum Gasteiger partial charge on any atom is -0.496 e. The first kappa shape index (κ1) is 11.9. The summed E-state index contributed by atoms with van der Waals surface area (Å²) in [5.74, 6) is 1.62. The highest BCUT2D eigenvalue weighted by molar-refractivity contribution is 5.46. The van der Waals surface area contributed by atoms with Gasteiger partial charge in [0, 0.05) is 6.04 Å². The lowest BCUT2D eigenvalue weighted by molar-refractivity contribution is 0.308. The molecule has 0 saturated carbocycles. The molecule has 0 heterocycles. The Kier molecular flexibility index (Phi) is 4.43. The van der Waals surface area contributed by atoms with E-state index in [1.54, 1.807) is 7.11 Å². The Morgan fingerprint density at radius 1 is 1.33 bits per heavy atom. The zero-order valence-corrected chi connectivity index (χ0v) is 9.62. The molecule has 0 aromatic heterocycles. The van der Waals surface area contributed by atoms with E-state index in [1.807, 2.05) is 25.1 Å². The van der Waals surface area contributed by atoms with Crippen molar-refractivity contribution in [1.29, 1.82) is 0 Å². The minimum atomic E-state index is -0.0898. The fourth-order valence-corrected chi connectivity index (χ4v) is 1.49. The molecule has 0 bridgehead atoms. The lowest BCUT2D eigenvalue weighted by Gasteiger charge is -2.16. The van der Waals surface area contributed by atoms with Gasteiger partial charge in [0.1, 0.15) is 11.5 Å². The first-order valence-corrected chi connectivity index (χ1v) is 5.26. The summed E-state index contributed by atoms with van der Waals surface area (Å²) in [4.78, 5) is 0. The van der Waals surface area contributed by atoms with Crippen LogP contribution in [-0.2, 0) is 0 Å². The third-order valence-corrected chi connectivity index (χ3v) is 2.16. The van der Waals surface area contributed by atoms with Gasteiger partial charge < -0.3 is 15.2 Å². The van der Waals surface area contributed by atoms with E-state index >= 15 is 0 Å². The van der Waals surface area contributed by atoms with E-state index in [0.29, 0.717) is 6.61 Å². The first-order chi connectivity index (χ1) is 7.20. The van der Waals surface area contributed by atoms with E-state index in [2.05, 4.69) is 6.92 Å². The fourth-order valence-electron chi connectivity index (χ4n) is 1.49. The molecule has 1 atom stereocenters. The van der Waals surface area contributed by atoms with Gasteiger partial charge in [-0.15, -0.1) is 0 Å². The number of benzene rings is 1. The zero-order chi connectivity index (χ0) is 11.3. The van der Waals surface area contributed by atoms with E-state index in [9.17, 15) is 0 Å². The zero-order valence-electron chi connectivity index (χ0n) is 9.62. The molecular formula is C12H19NO2. The van der Waals surface area contributed by atoms with Crippen LogP contribution >= 0.6 is 0 Å². The molecule has 1 aromatic carbocycles. The van der Waals surface area contributed by atoms with Crippen LogP contribution in [0.15, 0.2) is 18.2 Å². The van der Waals surface area contributed by atoms with Crippen molar-refractivity contribution in [2.24, 2.45) is 5.73 Å². The molecule has 0 aliphatic rings. The standard InChI is InChI=1S/C12H19NO2/c1-4-8-15-11-7-5-6-10(14-3)12(11)9(2)13/h5-7,9H,4,8,13H2,1-3H3/t9-/m0/s1. The molecule has 0 aliphatic heterocycles. The Morgan fingerprint density at radius 3 is 2.53 bits per heavy atom. The quantitative estimate of drug-likeness (QED) is 0.810. The molecule has 2 N–H and O–H groups in total. The highest BCUT2D eigenvalue weighted by Gasteiger charge is 2.13. The van der Waals surface area contributed by atoms with Crippen LogP contribution in [0, 0.1) is 0 Å². The lowest BCUT2D eigenvalue weighted by Crippen LogP contribution is -2.10. The second-order valence-electron chi connectivity index (χ2n) is 3.51. The van der Waals surface area contributed by atoms with Crippen LogP contribution in [0.1, 0.15) is 31.9 Å². The molecule has 15 heavy (non-hydrogen) atoms. The lowest BCUT2D eigenvalue weighted by atomic mass is 10.1. The maximum Gasteiger partial charge on any atom is 0.127 e. The minimum absolute atomic E-state index is 0.0898. The Bertz CT molecular complexity index is 310. The van der Waals surface area contributed by atoms with Gasteiger partial charge in [-0.2, -0.15) is 0 Å². The smallest absolute Gasteiger partial charge is 0.127 e. The molecule has 3 nitrogen and oxygen atoms in total. The molecule has 0 fully saturated rings. The van der Waals surface area contributed by atoms with E-state index in [0.717, 1.165) is 23.5 Å². The molecule has 1 aromatic rings. The van der Waals surface area contributed by atoms with Crippen LogP contribution in [0.5, 0.6) is 11.5 Å². The summed E-state index contributed by atoms with van der Waals surface area (Å²) in [5.41, 5.74) is 6.84. The maximum atomic E-state index is 5.90. The van der Waals surface area contributed by atoms with Gasteiger partial charge in [0.2, 0.25) is 0 Å². The van der Waals surface area contributed by atoms with Crippen LogP contribution in [0.2, 0.25) is 0 Å². The summed E-state index contributed by atoms with van der Waals surface area (Å²) in [7, 11) is 1.64. The van der Waals surface area contributed by atoms with Crippen molar-refractivity contribution < 1.29 is 9.47 Å². The van der Waals surface area contributed by atoms with Crippen LogP contribution in [0.25, 0.3) is 0 Å². The molecule has 0 spiro atoms. The number of hydrogen-bond acceptors (Lipinski definition) is 3. The van der Waals surface area contributed by atoms with Gasteiger partial charge in [-0.3, -0.25) is 0 Å². The summed E-state index contributed by atoms with van der Waals surface area (Å²) in [6, 6.07) is 5.65. The summed E-state index contributed by atoms with van der Waals surface area (Å²) < 4.78 is 10.9. The van der Waals surface area contributed by atoms with Gasteiger partial charge in [0.25, 0.3) is 0 Å². The van der Waals surface area contributed by atoms with Crippen molar-refractivity contribution in [3.8, 4) is 11.5 Å². The van der Waals surface area contributed by atoms with Crippen molar-refractivity contribution in [2.45, 2.75) is 26.3 Å². The molecule has 84 valence electrons. The number of methoxy groups -OCH3 is 1. The number of ether oxygens (including phenoxy) is 2. The highest BCUT2D eigenvalue weighted by atomic mass is 16.5. The monoisotopic (exact) mass is 209 g/mol. The molecule has 1 rings (SSSR count). The second kappa shape index (κ2) is 5.61. The topological polar surface area (TPSA) is 44.5 Å². The molecule has 0 aliphatic carbocycles. The van der Waals surface area contributed by atoms with Gasteiger partial charge in [-0.25, -0.2) is 0 Å². The van der Waals surface area contributed by atoms with Gasteiger partial charge in [0.15, 0.2) is 0 Å². The fraction of sp³-hybridized carbons (Fsp3) is 0.500. The predicted octanol–water partition coefficient (Wildman–Crippen LogP) is 2.50. The van der Waals surface area contributed by atoms with Crippen molar-refractivity contribution >= 4 is 0 Å². The van der Waals surface area contributed by atoms with Crippen molar-refractivity contribution in [3.05, 3.63) is 23.8 Å². The van der Waals surface area contributed by atoms with Crippen molar-refractivity contribution in [1.82, 2.24) is 0 Å². The third kappa shape index (κ3) is 2.86. The number of rotatable bonds is 5. The SMILES string of the molecule is CCCOc1cccc(OC)c1[C@H](C)N. The molecule has 0 saturated heterocycles. The normalized spacial score (nSPS) is 12.3. The van der Waals surface area contributed by atoms with Crippen LogP contribution in [-0.4, -0.2) is 13.7 Å². The van der Waals surface area contributed by atoms with Crippen LogP contribution in [0.3, 0.4) is 0 Å².